The van der Waals surface area contributed by atoms with Crippen LogP contribution in [0.25, 0.3) is 11.0 Å². The van der Waals surface area contributed by atoms with Crippen LogP contribution in [0.15, 0.2) is 29.2 Å². The van der Waals surface area contributed by atoms with Crippen molar-refractivity contribution in [2.24, 2.45) is 13.0 Å². The number of nitrogen functional groups attached to an aromatic ring is 1. The van der Waals surface area contributed by atoms with Crippen LogP contribution in [0.3, 0.4) is 0 Å². The van der Waals surface area contributed by atoms with E-state index in [1.807, 2.05) is 13.8 Å². The quantitative estimate of drug-likeness (QED) is 0.790. The lowest BCUT2D eigenvalue weighted by Crippen LogP contribution is -2.23. The molecule has 25 heavy (non-hydrogen) atoms. The first-order valence-corrected chi connectivity index (χ1v) is 8.06. The lowest BCUT2D eigenvalue weighted by Gasteiger charge is -2.08. The standard InChI is InChI=1S/C18H20F2N4O/c1-10(2)7-11-12(19)8-13(20)17-16(11)22-15(23(17)3)9-24-6-4-5-14(21)18(24)25/h4-6,8,10H,7,9,21H2,1-3H3. The number of pyridine rings is 1. The Kier molecular flexibility index (Phi) is 4.32. The molecule has 0 fully saturated rings. The molecule has 0 bridgehead atoms. The van der Waals surface area contributed by atoms with Crippen LogP contribution >= 0.6 is 0 Å². The zero-order chi connectivity index (χ0) is 18.3. The molecule has 2 N–H and O–H groups in total. The van der Waals surface area contributed by atoms with Gasteiger partial charge in [-0.3, -0.25) is 4.79 Å². The van der Waals surface area contributed by atoms with Crippen molar-refractivity contribution >= 4 is 16.7 Å². The number of benzene rings is 1. The molecule has 5 nitrogen and oxygen atoms in total. The summed E-state index contributed by atoms with van der Waals surface area (Å²) in [6.45, 7) is 4.05. The Labute approximate surface area is 143 Å². The molecule has 0 amide bonds. The van der Waals surface area contributed by atoms with Crippen molar-refractivity contribution in [2.75, 3.05) is 5.73 Å². The Balaban J connectivity index is 2.17. The molecule has 2 heterocycles. The number of hydrogen-bond acceptors (Lipinski definition) is 3. The van der Waals surface area contributed by atoms with Gasteiger partial charge in [-0.15, -0.1) is 0 Å². The van der Waals surface area contributed by atoms with Crippen LogP contribution in [-0.4, -0.2) is 14.1 Å². The number of halogens is 2. The summed E-state index contributed by atoms with van der Waals surface area (Å²) >= 11 is 0. The second-order valence-corrected chi connectivity index (χ2v) is 6.60. The Hall–Kier alpha value is -2.70. The molecular formula is C18H20F2N4O. The van der Waals surface area contributed by atoms with Crippen molar-refractivity contribution < 1.29 is 8.78 Å². The molecular weight excluding hydrogens is 326 g/mol. The molecule has 0 atom stereocenters. The minimum absolute atomic E-state index is 0.122. The Morgan fingerprint density at radius 1 is 1.28 bits per heavy atom. The van der Waals surface area contributed by atoms with E-state index in [9.17, 15) is 13.6 Å². The molecule has 0 radical (unpaired) electrons. The van der Waals surface area contributed by atoms with Crippen LogP contribution in [0, 0.1) is 17.6 Å². The lowest BCUT2D eigenvalue weighted by atomic mass is 10.0. The fraction of sp³-hybridized carbons (Fsp3) is 0.333. The lowest BCUT2D eigenvalue weighted by molar-refractivity contribution is 0.558. The van der Waals surface area contributed by atoms with E-state index in [0.717, 1.165) is 6.07 Å². The smallest absolute Gasteiger partial charge is 0.274 e. The van der Waals surface area contributed by atoms with Gasteiger partial charge in [0.15, 0.2) is 5.82 Å². The minimum Gasteiger partial charge on any atom is -0.394 e. The summed E-state index contributed by atoms with van der Waals surface area (Å²) in [4.78, 5) is 16.5. The van der Waals surface area contributed by atoms with Gasteiger partial charge in [-0.2, -0.15) is 0 Å². The van der Waals surface area contributed by atoms with Crippen molar-refractivity contribution in [2.45, 2.75) is 26.8 Å². The highest BCUT2D eigenvalue weighted by Gasteiger charge is 2.20. The van der Waals surface area contributed by atoms with Gasteiger partial charge in [-0.1, -0.05) is 13.8 Å². The van der Waals surface area contributed by atoms with E-state index in [2.05, 4.69) is 4.98 Å². The van der Waals surface area contributed by atoms with E-state index >= 15 is 0 Å². The summed E-state index contributed by atoms with van der Waals surface area (Å²) in [5.74, 6) is -0.604. The predicted octanol–water partition coefficient (Wildman–Crippen LogP) is 2.84. The van der Waals surface area contributed by atoms with Crippen molar-refractivity contribution in [1.82, 2.24) is 14.1 Å². The molecule has 0 saturated carbocycles. The first kappa shape index (κ1) is 17.1. The van der Waals surface area contributed by atoms with E-state index in [0.29, 0.717) is 23.3 Å². The third-order valence-electron chi connectivity index (χ3n) is 4.22. The van der Waals surface area contributed by atoms with Gasteiger partial charge in [-0.25, -0.2) is 13.8 Å². The van der Waals surface area contributed by atoms with Crippen LogP contribution in [0.4, 0.5) is 14.5 Å². The van der Waals surface area contributed by atoms with E-state index in [1.54, 1.807) is 23.9 Å². The fourth-order valence-corrected chi connectivity index (χ4v) is 2.98. The maximum Gasteiger partial charge on any atom is 0.274 e. The normalized spacial score (nSPS) is 11.6. The van der Waals surface area contributed by atoms with Gasteiger partial charge in [0.2, 0.25) is 0 Å². The SMILES string of the molecule is CC(C)Cc1c(F)cc(F)c2c1nc(Cn1cccc(N)c1=O)n2C. The third kappa shape index (κ3) is 3.01. The summed E-state index contributed by atoms with van der Waals surface area (Å²) in [6.07, 6.45) is 2.04. The molecule has 0 aliphatic carbocycles. The molecule has 132 valence electrons. The number of anilines is 1. The van der Waals surface area contributed by atoms with Gasteiger partial charge in [0.1, 0.15) is 17.2 Å². The van der Waals surface area contributed by atoms with Crippen LogP contribution in [0.5, 0.6) is 0 Å². The molecule has 0 aliphatic rings. The van der Waals surface area contributed by atoms with Crippen molar-refractivity contribution in [3.8, 4) is 0 Å². The van der Waals surface area contributed by atoms with Gasteiger partial charge in [-0.05, 0) is 24.5 Å². The molecule has 0 unspecified atom stereocenters. The van der Waals surface area contributed by atoms with Gasteiger partial charge < -0.3 is 14.9 Å². The summed E-state index contributed by atoms with van der Waals surface area (Å²) in [5, 5.41) is 0. The molecule has 3 rings (SSSR count). The molecule has 3 aromatic rings. The second kappa shape index (κ2) is 6.31. The zero-order valence-corrected chi connectivity index (χ0v) is 14.4. The zero-order valence-electron chi connectivity index (χ0n) is 14.4. The summed E-state index contributed by atoms with van der Waals surface area (Å²) < 4.78 is 31.6. The molecule has 0 aliphatic heterocycles. The fourth-order valence-electron chi connectivity index (χ4n) is 2.98. The van der Waals surface area contributed by atoms with E-state index < -0.39 is 11.6 Å². The number of fused-ring (bicyclic) bond motifs is 1. The maximum absolute atomic E-state index is 14.3. The third-order valence-corrected chi connectivity index (χ3v) is 4.22. The van der Waals surface area contributed by atoms with Gasteiger partial charge in [0, 0.05) is 24.9 Å². The van der Waals surface area contributed by atoms with Gasteiger partial charge in [0.25, 0.3) is 5.56 Å². The molecule has 1 aromatic carbocycles. The van der Waals surface area contributed by atoms with Crippen molar-refractivity contribution in [1.29, 1.82) is 0 Å². The number of nitrogens with zero attached hydrogens (tertiary/aromatic N) is 3. The predicted molar refractivity (Wildman–Crippen MR) is 93.4 cm³/mol. The van der Waals surface area contributed by atoms with E-state index in [-0.39, 0.29) is 29.2 Å². The second-order valence-electron chi connectivity index (χ2n) is 6.60. The minimum atomic E-state index is -0.666. The molecule has 2 aromatic heterocycles. The average molecular weight is 346 g/mol. The Morgan fingerprint density at radius 3 is 2.68 bits per heavy atom. The van der Waals surface area contributed by atoms with E-state index in [1.165, 1.54) is 10.6 Å². The van der Waals surface area contributed by atoms with Crippen LogP contribution in [0.2, 0.25) is 0 Å². The highest BCUT2D eigenvalue weighted by molar-refractivity contribution is 5.80. The van der Waals surface area contributed by atoms with Gasteiger partial charge in [0.05, 0.1) is 17.7 Å². The monoisotopic (exact) mass is 346 g/mol. The number of hydrogen-bond donors (Lipinski definition) is 1. The number of imidazole rings is 1. The first-order valence-electron chi connectivity index (χ1n) is 8.06. The highest BCUT2D eigenvalue weighted by Crippen LogP contribution is 2.27. The largest absolute Gasteiger partial charge is 0.394 e. The number of aryl methyl sites for hydroxylation is 1. The Bertz CT molecular complexity index is 1000. The summed E-state index contributed by atoms with van der Waals surface area (Å²) in [6, 6.07) is 4.07. The average Bonchev–Trinajstić information content (AvgIpc) is 2.85. The highest BCUT2D eigenvalue weighted by atomic mass is 19.1. The van der Waals surface area contributed by atoms with Crippen LogP contribution in [0.1, 0.15) is 25.2 Å². The number of nitrogens with two attached hydrogens (primary N) is 1. The molecule has 0 spiro atoms. The van der Waals surface area contributed by atoms with Crippen molar-refractivity contribution in [3.63, 3.8) is 0 Å². The van der Waals surface area contributed by atoms with Crippen LogP contribution in [-0.2, 0) is 20.0 Å². The van der Waals surface area contributed by atoms with Gasteiger partial charge >= 0.3 is 0 Å². The maximum atomic E-state index is 14.3. The summed E-state index contributed by atoms with van der Waals surface area (Å²) in [5.41, 5.74) is 6.36. The summed E-state index contributed by atoms with van der Waals surface area (Å²) in [7, 11) is 1.65. The topological polar surface area (TPSA) is 65.8 Å². The first-order chi connectivity index (χ1) is 11.8. The van der Waals surface area contributed by atoms with Crippen molar-refractivity contribution in [3.05, 3.63) is 57.8 Å². The molecule has 7 heteroatoms. The number of aromatic nitrogens is 3. The number of rotatable bonds is 4. The van der Waals surface area contributed by atoms with E-state index in [4.69, 9.17) is 5.73 Å². The Morgan fingerprint density at radius 2 is 2.00 bits per heavy atom. The van der Waals surface area contributed by atoms with Crippen LogP contribution < -0.4 is 11.3 Å². The molecule has 0 saturated heterocycles.